The van der Waals surface area contributed by atoms with E-state index in [0.29, 0.717) is 6.54 Å². The smallest absolute Gasteiger partial charge is 0.319 e. The Morgan fingerprint density at radius 3 is 2.95 bits per heavy atom. The Kier molecular flexibility index (Phi) is 4.27. The molecule has 1 aromatic rings. The molecule has 1 aliphatic heterocycles. The van der Waals surface area contributed by atoms with Gasteiger partial charge in [-0.2, -0.15) is 0 Å². The third-order valence-corrected chi connectivity index (χ3v) is 3.32. The summed E-state index contributed by atoms with van der Waals surface area (Å²) in [5, 5.41) is 3.44. The minimum atomic E-state index is 0.0643. The Hall–Kier alpha value is -1.75. The second-order valence-electron chi connectivity index (χ2n) is 4.91. The topological polar surface area (TPSA) is 44.8 Å². The Balaban J connectivity index is 2.10. The van der Waals surface area contributed by atoms with E-state index in [1.165, 1.54) is 0 Å². The van der Waals surface area contributed by atoms with Crippen LogP contribution in [0, 0.1) is 0 Å². The Labute approximate surface area is 114 Å². The number of methoxy groups -OCH3 is 1. The highest BCUT2D eigenvalue weighted by Gasteiger charge is 2.25. The number of carbonyl (C=O) groups excluding carboxylic acids is 1. The molecule has 0 radical (unpaired) electrons. The van der Waals surface area contributed by atoms with Gasteiger partial charge in [-0.25, -0.2) is 4.79 Å². The number of nitrogens with one attached hydrogen (secondary N) is 1. The van der Waals surface area contributed by atoms with Gasteiger partial charge in [0.05, 0.1) is 13.2 Å². The number of benzene rings is 1. The maximum Gasteiger partial charge on any atom is 0.319 e. The average Bonchev–Trinajstić information content (AvgIpc) is 2.46. The van der Waals surface area contributed by atoms with E-state index in [0.717, 1.165) is 24.4 Å². The normalized spacial score (nSPS) is 19.1. The number of nitrogens with zero attached hydrogens (tertiary/aromatic N) is 2. The minimum Gasteiger partial charge on any atom is -0.497 e. The third kappa shape index (κ3) is 3.17. The molecule has 104 valence electrons. The number of carbonyl (C=O) groups is 1. The summed E-state index contributed by atoms with van der Waals surface area (Å²) in [6.45, 7) is 2.24. The van der Waals surface area contributed by atoms with Gasteiger partial charge in [0.25, 0.3) is 0 Å². The predicted molar refractivity (Wildman–Crippen MR) is 74.4 cm³/mol. The summed E-state index contributed by atoms with van der Waals surface area (Å²) in [4.78, 5) is 15.5. The number of hydrogen-bond donors (Lipinski definition) is 1. The van der Waals surface area contributed by atoms with E-state index in [-0.39, 0.29) is 12.1 Å². The summed E-state index contributed by atoms with van der Waals surface area (Å²) in [5.74, 6) is 0.843. The molecule has 5 nitrogen and oxygen atoms in total. The molecule has 0 aliphatic carbocycles. The number of ether oxygens (including phenoxy) is 1. The lowest BCUT2D eigenvalue weighted by molar-refractivity contribution is 0.152. The largest absolute Gasteiger partial charge is 0.497 e. The molecule has 0 aromatic heterocycles. The van der Waals surface area contributed by atoms with Crippen molar-refractivity contribution >= 4 is 6.03 Å². The van der Waals surface area contributed by atoms with Gasteiger partial charge in [-0.15, -0.1) is 0 Å². The Morgan fingerprint density at radius 2 is 2.26 bits per heavy atom. The van der Waals surface area contributed by atoms with Crippen molar-refractivity contribution in [1.82, 2.24) is 15.1 Å². The van der Waals surface area contributed by atoms with Gasteiger partial charge in [0.15, 0.2) is 0 Å². The van der Waals surface area contributed by atoms with Crippen LogP contribution in [0.15, 0.2) is 24.3 Å². The van der Waals surface area contributed by atoms with Crippen molar-refractivity contribution in [2.45, 2.75) is 6.04 Å². The summed E-state index contributed by atoms with van der Waals surface area (Å²) in [6, 6.07) is 8.20. The van der Waals surface area contributed by atoms with Crippen LogP contribution in [0.2, 0.25) is 0 Å². The summed E-state index contributed by atoms with van der Waals surface area (Å²) in [6.07, 6.45) is 0. The molecule has 1 atom stereocenters. The minimum absolute atomic E-state index is 0.0643. The van der Waals surface area contributed by atoms with Gasteiger partial charge in [-0.05, 0) is 17.7 Å². The van der Waals surface area contributed by atoms with Crippen molar-refractivity contribution in [2.75, 3.05) is 40.8 Å². The van der Waals surface area contributed by atoms with Crippen molar-refractivity contribution in [3.8, 4) is 5.75 Å². The van der Waals surface area contributed by atoms with E-state index >= 15 is 0 Å². The Bertz CT molecular complexity index is 448. The molecule has 2 amide bonds. The van der Waals surface area contributed by atoms with E-state index in [9.17, 15) is 4.79 Å². The molecular formula is C14H21N3O2. The molecule has 0 spiro atoms. The van der Waals surface area contributed by atoms with Crippen LogP contribution >= 0.6 is 0 Å². The van der Waals surface area contributed by atoms with Crippen LogP contribution in [0.25, 0.3) is 0 Å². The van der Waals surface area contributed by atoms with Crippen molar-refractivity contribution < 1.29 is 9.53 Å². The first kappa shape index (κ1) is 13.7. The Morgan fingerprint density at radius 1 is 1.47 bits per heavy atom. The van der Waals surface area contributed by atoms with E-state index in [1.807, 2.05) is 23.1 Å². The molecule has 1 aromatic carbocycles. The molecular weight excluding hydrogens is 242 g/mol. The molecule has 1 unspecified atom stereocenters. The van der Waals surface area contributed by atoms with Crippen LogP contribution in [0.1, 0.15) is 11.6 Å². The highest BCUT2D eigenvalue weighted by Crippen LogP contribution is 2.22. The standard InChI is InChI=1S/C14H21N3O2/c1-16(2)14(18)17-8-7-15-13(10-17)11-5-4-6-12(9-11)19-3/h4-6,9,13,15H,7-8,10H2,1-3H3. The van der Waals surface area contributed by atoms with Gasteiger partial charge < -0.3 is 19.9 Å². The van der Waals surface area contributed by atoms with Gasteiger partial charge in [0.1, 0.15) is 5.75 Å². The predicted octanol–water partition coefficient (Wildman–Crippen LogP) is 1.32. The van der Waals surface area contributed by atoms with Crippen LogP contribution in [-0.4, -0.2) is 56.7 Å². The highest BCUT2D eigenvalue weighted by molar-refractivity contribution is 5.74. The van der Waals surface area contributed by atoms with Gasteiger partial charge in [-0.3, -0.25) is 0 Å². The molecule has 1 saturated heterocycles. The fourth-order valence-corrected chi connectivity index (χ4v) is 2.29. The molecule has 0 saturated carbocycles. The number of piperazine rings is 1. The first-order chi connectivity index (χ1) is 9.11. The van der Waals surface area contributed by atoms with E-state index in [1.54, 1.807) is 26.1 Å². The number of amides is 2. The van der Waals surface area contributed by atoms with E-state index in [2.05, 4.69) is 11.4 Å². The summed E-state index contributed by atoms with van der Waals surface area (Å²) < 4.78 is 5.24. The summed E-state index contributed by atoms with van der Waals surface area (Å²) >= 11 is 0. The lowest BCUT2D eigenvalue weighted by atomic mass is 10.0. The third-order valence-electron chi connectivity index (χ3n) is 3.32. The SMILES string of the molecule is COc1cccc(C2CN(C(=O)N(C)C)CCN2)c1. The van der Waals surface area contributed by atoms with Crippen LogP contribution in [0.3, 0.4) is 0 Å². The lowest BCUT2D eigenvalue weighted by Gasteiger charge is -2.35. The second kappa shape index (κ2) is 5.93. The number of hydrogen-bond acceptors (Lipinski definition) is 3. The van der Waals surface area contributed by atoms with Gasteiger partial charge in [0, 0.05) is 33.7 Å². The molecule has 5 heteroatoms. The van der Waals surface area contributed by atoms with Crippen LogP contribution < -0.4 is 10.1 Å². The van der Waals surface area contributed by atoms with Gasteiger partial charge in [0.2, 0.25) is 0 Å². The van der Waals surface area contributed by atoms with Crippen LogP contribution in [0.5, 0.6) is 5.75 Å². The fraction of sp³-hybridized carbons (Fsp3) is 0.500. The molecule has 2 rings (SSSR count). The van der Waals surface area contributed by atoms with Crippen molar-refractivity contribution in [3.05, 3.63) is 29.8 Å². The number of rotatable bonds is 2. The zero-order valence-corrected chi connectivity index (χ0v) is 11.7. The van der Waals surface area contributed by atoms with Crippen molar-refractivity contribution in [2.24, 2.45) is 0 Å². The molecule has 1 aliphatic rings. The quantitative estimate of drug-likeness (QED) is 0.875. The maximum absolute atomic E-state index is 12.0. The van der Waals surface area contributed by atoms with Gasteiger partial charge >= 0.3 is 6.03 Å². The summed E-state index contributed by atoms with van der Waals surface area (Å²) in [7, 11) is 5.23. The zero-order chi connectivity index (χ0) is 13.8. The zero-order valence-electron chi connectivity index (χ0n) is 11.7. The molecule has 1 N–H and O–H groups in total. The van der Waals surface area contributed by atoms with Crippen molar-refractivity contribution in [3.63, 3.8) is 0 Å². The lowest BCUT2D eigenvalue weighted by Crippen LogP contribution is -2.51. The highest BCUT2D eigenvalue weighted by atomic mass is 16.5. The molecule has 1 heterocycles. The first-order valence-electron chi connectivity index (χ1n) is 6.45. The second-order valence-corrected chi connectivity index (χ2v) is 4.91. The molecule has 0 bridgehead atoms. The monoisotopic (exact) mass is 263 g/mol. The summed E-state index contributed by atoms with van der Waals surface area (Å²) in [5.41, 5.74) is 1.15. The molecule has 19 heavy (non-hydrogen) atoms. The molecule has 1 fully saturated rings. The van der Waals surface area contributed by atoms with E-state index < -0.39 is 0 Å². The van der Waals surface area contributed by atoms with Crippen LogP contribution in [-0.2, 0) is 0 Å². The first-order valence-corrected chi connectivity index (χ1v) is 6.45. The maximum atomic E-state index is 12.0. The van der Waals surface area contributed by atoms with Gasteiger partial charge in [-0.1, -0.05) is 12.1 Å². The number of urea groups is 1. The van der Waals surface area contributed by atoms with E-state index in [4.69, 9.17) is 4.74 Å². The average molecular weight is 263 g/mol. The van der Waals surface area contributed by atoms with Crippen molar-refractivity contribution in [1.29, 1.82) is 0 Å². The van der Waals surface area contributed by atoms with Crippen LogP contribution in [0.4, 0.5) is 4.79 Å². The fourth-order valence-electron chi connectivity index (χ4n) is 2.29.